The lowest BCUT2D eigenvalue weighted by Gasteiger charge is -2.46. The lowest BCUT2D eigenvalue weighted by molar-refractivity contribution is 0.376. The topological polar surface area (TPSA) is 9.23 Å². The van der Waals surface area contributed by atoms with Crippen molar-refractivity contribution in [3.63, 3.8) is 0 Å². The van der Waals surface area contributed by atoms with Crippen molar-refractivity contribution in [2.45, 2.75) is 0 Å². The molecule has 1 nitrogen and oxygen atoms in total. The van der Waals surface area contributed by atoms with E-state index in [9.17, 15) is 13.2 Å². The van der Waals surface area contributed by atoms with Gasteiger partial charge in [-0.1, -0.05) is 71.0 Å². The number of rotatable bonds is 8. The Morgan fingerprint density at radius 3 is 0.667 bits per heavy atom. The highest BCUT2D eigenvalue weighted by Gasteiger charge is 2.58. The van der Waals surface area contributed by atoms with Gasteiger partial charge in [0.05, 0.1) is 0 Å². The van der Waals surface area contributed by atoms with Crippen molar-refractivity contribution in [3.05, 3.63) is 178 Å². The molecule has 18 heteroatoms. The number of halogens is 15. The molecule has 0 saturated heterocycles. The van der Waals surface area contributed by atoms with Crippen LogP contribution in [0.15, 0.2) is 91.0 Å². The molecule has 0 saturated carbocycles. The average Bonchev–Trinajstić information content (AvgIpc) is 3.19. The van der Waals surface area contributed by atoms with Gasteiger partial charge in [0.1, 0.15) is 50.8 Å². The molecule has 0 spiro atoms. The van der Waals surface area contributed by atoms with Gasteiger partial charge < -0.3 is 4.44 Å². The maximum Gasteiger partial charge on any atom is 0.264 e. The van der Waals surface area contributed by atoms with E-state index in [2.05, 4.69) is 0 Å². The van der Waals surface area contributed by atoms with Crippen LogP contribution in [0.1, 0.15) is 0 Å². The Balaban J connectivity index is 2.05. The molecule has 0 aliphatic carbocycles. The van der Waals surface area contributed by atoms with E-state index in [0.717, 1.165) is 36.4 Å². The molecule has 54 heavy (non-hydrogen) atoms. The molecule has 0 fully saturated rings. The summed E-state index contributed by atoms with van der Waals surface area (Å²) >= 11 is 0. The Kier molecular flexibility index (Phi) is 10.1. The molecule has 0 aliphatic heterocycles. The van der Waals surface area contributed by atoms with Gasteiger partial charge in [-0.15, -0.1) is 0 Å². The first-order valence-electron chi connectivity index (χ1n) is 15.0. The minimum Gasteiger partial charge on any atom is -0.413 e. The zero-order valence-corrected chi connectivity index (χ0v) is 27.2. The second-order valence-electron chi connectivity index (χ2n) is 11.5. The lowest BCUT2D eigenvalue weighted by atomic mass is 9.28. The molecule has 0 N–H and O–H groups in total. The third-order valence-corrected chi connectivity index (χ3v) is 12.3. The van der Waals surface area contributed by atoms with Crippen molar-refractivity contribution in [2.24, 2.45) is 0 Å². The predicted octanol–water partition coefficient (Wildman–Crippen LogP) is 7.67. The molecule has 0 heterocycles. The van der Waals surface area contributed by atoms with E-state index in [-0.39, 0.29) is 15.9 Å². The lowest BCUT2D eigenvalue weighted by Crippen LogP contribution is -2.75. The summed E-state index contributed by atoms with van der Waals surface area (Å²) in [5.74, 6) is -46.8. The summed E-state index contributed by atoms with van der Waals surface area (Å²) in [6.07, 6.45) is -6.36. The van der Waals surface area contributed by atoms with Crippen LogP contribution in [0.5, 0.6) is 0 Å². The Labute approximate surface area is 294 Å². The van der Waals surface area contributed by atoms with Gasteiger partial charge in [0.15, 0.2) is 59.8 Å². The third kappa shape index (κ3) is 5.55. The molecule has 0 radical (unpaired) electrons. The van der Waals surface area contributed by atoms with Crippen molar-refractivity contribution in [3.8, 4) is 0 Å². The minimum atomic E-state index is -6.36. The summed E-state index contributed by atoms with van der Waals surface area (Å²) in [4.78, 5) is 0. The molecule has 0 aliphatic rings. The van der Waals surface area contributed by atoms with Gasteiger partial charge in [0, 0.05) is 0 Å². The Hall–Kier alpha value is -5.28. The van der Waals surface area contributed by atoms with Crippen LogP contribution >= 0.6 is 7.49 Å². The quantitative estimate of drug-likeness (QED) is 0.0507. The number of hydrogen-bond donors (Lipinski definition) is 0. The fourth-order valence-corrected chi connectivity index (χ4v) is 10.1. The van der Waals surface area contributed by atoms with Gasteiger partial charge in [0.2, 0.25) is 0 Å². The monoisotopic (exact) mass is 790 g/mol. The Morgan fingerprint density at radius 2 is 0.463 bits per heavy atom. The standard InChI is InChI=1S/C36H15BF15OP/c38-22-19(23(39)29(45)34(50)28(22)44)37(20-24(40)30(46)35(51)31(47)25(20)41,21-26(42)32(48)36(52)33(49)27(21)43)53-54(16-10-4-1-5-11-16,17-12-6-2-7-13-17)18-14-8-3-9-15-18/h1-15H. The summed E-state index contributed by atoms with van der Waals surface area (Å²) in [7, 11) is -4.90. The van der Waals surface area contributed by atoms with Crippen molar-refractivity contribution in [1.29, 1.82) is 0 Å². The fourth-order valence-electron chi connectivity index (χ4n) is 6.31. The van der Waals surface area contributed by atoms with Gasteiger partial charge in [-0.2, -0.15) is 0 Å². The molecule has 6 aromatic rings. The van der Waals surface area contributed by atoms with E-state index in [0.29, 0.717) is 0 Å². The molecule has 0 aromatic heterocycles. The van der Waals surface area contributed by atoms with Crippen LogP contribution in [-0.2, 0) is 4.44 Å². The van der Waals surface area contributed by atoms with Crippen LogP contribution in [0.2, 0.25) is 0 Å². The molecular formula is C36H15BF15OP. The van der Waals surface area contributed by atoms with Gasteiger partial charge in [-0.25, -0.2) is 65.9 Å². The van der Waals surface area contributed by atoms with E-state index >= 15 is 52.7 Å². The third-order valence-electron chi connectivity index (χ3n) is 8.63. The summed E-state index contributed by atoms with van der Waals surface area (Å²) in [6.45, 7) is 0. The predicted molar refractivity (Wildman–Crippen MR) is 170 cm³/mol. The van der Waals surface area contributed by atoms with Gasteiger partial charge in [0.25, 0.3) is 6.35 Å². The first-order chi connectivity index (χ1) is 25.5. The minimum absolute atomic E-state index is 0.301. The maximum absolute atomic E-state index is 16.4. The summed E-state index contributed by atoms with van der Waals surface area (Å²) in [5.41, 5.74) is -8.57. The first-order valence-corrected chi connectivity index (χ1v) is 16.7. The molecule has 0 bridgehead atoms. The molecule has 0 amide bonds. The van der Waals surface area contributed by atoms with Crippen LogP contribution in [0.3, 0.4) is 0 Å². The van der Waals surface area contributed by atoms with E-state index in [4.69, 9.17) is 4.44 Å². The van der Waals surface area contributed by atoms with Crippen molar-refractivity contribution in [1.82, 2.24) is 0 Å². The van der Waals surface area contributed by atoms with Crippen molar-refractivity contribution < 1.29 is 70.3 Å². The Morgan fingerprint density at radius 1 is 0.278 bits per heavy atom. The van der Waals surface area contributed by atoms with Gasteiger partial charge in [-0.05, 0) is 36.4 Å². The summed E-state index contributed by atoms with van der Waals surface area (Å²) < 4.78 is 240. The fraction of sp³-hybridized carbons (Fsp3) is 0. The average molecular weight is 790 g/mol. The molecule has 0 atom stereocenters. The summed E-state index contributed by atoms with van der Waals surface area (Å²) in [5, 5.41) is -0.902. The zero-order chi connectivity index (χ0) is 39.4. The largest absolute Gasteiger partial charge is 0.413 e. The molecule has 0 unspecified atom stereocenters. The SMILES string of the molecule is Fc1c(F)c(F)c([B-](O[P+](c2ccccc2)(c2ccccc2)c2ccccc2)(c2c(F)c(F)c(F)c(F)c2F)c2c(F)c(F)c(F)c(F)c2F)c(F)c1F. The first kappa shape index (κ1) is 38.4. The summed E-state index contributed by atoms with van der Waals surface area (Å²) in [6, 6.07) is 18.3. The Bertz CT molecular complexity index is 2080. The van der Waals surface area contributed by atoms with Crippen LogP contribution in [0, 0.1) is 87.3 Å². The zero-order valence-electron chi connectivity index (χ0n) is 26.3. The van der Waals surface area contributed by atoms with E-state index in [1.807, 2.05) is 0 Å². The normalized spacial score (nSPS) is 12.1. The van der Waals surface area contributed by atoms with E-state index < -0.39 is 117 Å². The molecule has 6 aromatic carbocycles. The second-order valence-corrected chi connectivity index (χ2v) is 14.4. The van der Waals surface area contributed by atoms with Crippen molar-refractivity contribution in [2.75, 3.05) is 0 Å². The van der Waals surface area contributed by atoms with Gasteiger partial charge >= 0.3 is 0 Å². The smallest absolute Gasteiger partial charge is 0.264 e. The van der Waals surface area contributed by atoms with Crippen LogP contribution < -0.4 is 32.3 Å². The molecular weight excluding hydrogens is 775 g/mol. The van der Waals surface area contributed by atoms with Crippen LogP contribution in [0.25, 0.3) is 0 Å². The number of benzene rings is 6. The number of hydrogen-bond acceptors (Lipinski definition) is 1. The highest BCUT2D eigenvalue weighted by atomic mass is 31.2. The molecule has 6 rings (SSSR count). The van der Waals surface area contributed by atoms with Crippen LogP contribution in [-0.4, -0.2) is 6.35 Å². The van der Waals surface area contributed by atoms with Gasteiger partial charge in [-0.3, -0.25) is 0 Å². The van der Waals surface area contributed by atoms with Crippen LogP contribution in [0.4, 0.5) is 65.9 Å². The maximum atomic E-state index is 16.4. The van der Waals surface area contributed by atoms with Crippen molar-refractivity contribution >= 4 is 46.1 Å². The highest BCUT2D eigenvalue weighted by molar-refractivity contribution is 7.93. The second kappa shape index (κ2) is 14.2. The molecule has 278 valence electrons. The van der Waals surface area contributed by atoms with E-state index in [1.54, 1.807) is 0 Å². The highest BCUT2D eigenvalue weighted by Crippen LogP contribution is 2.58. The van der Waals surface area contributed by atoms with E-state index in [1.165, 1.54) is 54.6 Å².